The Bertz CT molecular complexity index is 612. The number of carbonyl (C=O) groups excluding carboxylic acids is 1. The maximum Gasteiger partial charge on any atom is 0.416 e. The molecule has 22 heavy (non-hydrogen) atoms. The Morgan fingerprint density at radius 3 is 2.23 bits per heavy atom. The van der Waals surface area contributed by atoms with Gasteiger partial charge in [-0.15, -0.1) is 11.8 Å². The van der Waals surface area contributed by atoms with E-state index < -0.39 is 11.7 Å². The topological polar surface area (TPSA) is 29.1 Å². The smallest absolute Gasteiger partial charge is 0.326 e. The predicted molar refractivity (Wildman–Crippen MR) is 81.9 cm³/mol. The third-order valence-electron chi connectivity index (χ3n) is 2.84. The Balaban J connectivity index is 1.79. The SMILES string of the molecule is O=C(CCSc1ccccc1)Nc1ccc(C(F)(F)F)cc1. The number of thioether (sulfide) groups is 1. The quantitative estimate of drug-likeness (QED) is 0.798. The number of alkyl halides is 3. The maximum atomic E-state index is 12.4. The summed E-state index contributed by atoms with van der Waals surface area (Å²) < 4.78 is 37.3. The molecule has 0 unspecified atom stereocenters. The van der Waals surface area contributed by atoms with Crippen LogP contribution in [0.4, 0.5) is 18.9 Å². The van der Waals surface area contributed by atoms with E-state index in [2.05, 4.69) is 5.32 Å². The van der Waals surface area contributed by atoms with Gasteiger partial charge in [-0.1, -0.05) is 18.2 Å². The molecule has 0 heterocycles. The fourth-order valence-electron chi connectivity index (χ4n) is 1.74. The van der Waals surface area contributed by atoms with E-state index in [-0.39, 0.29) is 5.91 Å². The zero-order valence-electron chi connectivity index (χ0n) is 11.6. The number of amides is 1. The van der Waals surface area contributed by atoms with Crippen molar-refractivity contribution in [3.63, 3.8) is 0 Å². The van der Waals surface area contributed by atoms with Crippen molar-refractivity contribution in [2.75, 3.05) is 11.1 Å². The van der Waals surface area contributed by atoms with E-state index in [1.54, 1.807) is 11.8 Å². The molecule has 0 saturated carbocycles. The molecule has 2 aromatic carbocycles. The van der Waals surface area contributed by atoms with Crippen molar-refractivity contribution in [2.45, 2.75) is 17.5 Å². The molecule has 2 rings (SSSR count). The van der Waals surface area contributed by atoms with Gasteiger partial charge in [0.15, 0.2) is 0 Å². The fourth-order valence-corrected chi connectivity index (χ4v) is 2.62. The second kappa shape index (κ2) is 7.35. The highest BCUT2D eigenvalue weighted by molar-refractivity contribution is 7.99. The van der Waals surface area contributed by atoms with Crippen LogP contribution < -0.4 is 5.32 Å². The molecule has 0 radical (unpaired) electrons. The van der Waals surface area contributed by atoms with Gasteiger partial charge in [0, 0.05) is 22.8 Å². The Hall–Kier alpha value is -1.95. The van der Waals surface area contributed by atoms with Crippen molar-refractivity contribution in [1.29, 1.82) is 0 Å². The molecule has 0 aromatic heterocycles. The fraction of sp³-hybridized carbons (Fsp3) is 0.188. The molecule has 0 saturated heterocycles. The second-order valence-electron chi connectivity index (χ2n) is 4.53. The van der Waals surface area contributed by atoms with E-state index in [9.17, 15) is 18.0 Å². The van der Waals surface area contributed by atoms with Crippen LogP contribution >= 0.6 is 11.8 Å². The van der Waals surface area contributed by atoms with Crippen LogP contribution in [-0.2, 0) is 11.0 Å². The van der Waals surface area contributed by atoms with Crippen molar-refractivity contribution in [1.82, 2.24) is 0 Å². The van der Waals surface area contributed by atoms with Gasteiger partial charge in [0.05, 0.1) is 5.56 Å². The van der Waals surface area contributed by atoms with Gasteiger partial charge in [0.2, 0.25) is 5.91 Å². The average molecular weight is 325 g/mol. The number of halogens is 3. The summed E-state index contributed by atoms with van der Waals surface area (Å²) in [6, 6.07) is 14.1. The Morgan fingerprint density at radius 2 is 1.64 bits per heavy atom. The van der Waals surface area contributed by atoms with Crippen molar-refractivity contribution in [2.24, 2.45) is 0 Å². The summed E-state index contributed by atoms with van der Waals surface area (Å²) in [5.41, 5.74) is -0.368. The van der Waals surface area contributed by atoms with Gasteiger partial charge in [0.1, 0.15) is 0 Å². The van der Waals surface area contributed by atoms with Gasteiger partial charge in [-0.25, -0.2) is 0 Å². The van der Waals surface area contributed by atoms with Gasteiger partial charge < -0.3 is 5.32 Å². The lowest BCUT2D eigenvalue weighted by Gasteiger charge is -2.08. The number of benzene rings is 2. The molecule has 2 nitrogen and oxygen atoms in total. The van der Waals surface area contributed by atoms with Crippen molar-refractivity contribution >= 4 is 23.4 Å². The minimum atomic E-state index is -4.37. The Labute approximate surface area is 130 Å². The van der Waals surface area contributed by atoms with Gasteiger partial charge in [-0.3, -0.25) is 4.79 Å². The molecule has 1 N–H and O–H groups in total. The standard InChI is InChI=1S/C16H14F3NOS/c17-16(18,19)12-6-8-13(9-7-12)20-15(21)10-11-22-14-4-2-1-3-5-14/h1-9H,10-11H2,(H,20,21). The highest BCUT2D eigenvalue weighted by atomic mass is 32.2. The minimum absolute atomic E-state index is 0.219. The number of rotatable bonds is 5. The highest BCUT2D eigenvalue weighted by Gasteiger charge is 2.29. The summed E-state index contributed by atoms with van der Waals surface area (Å²) in [6.07, 6.45) is -4.07. The molecule has 0 bridgehead atoms. The van der Waals surface area contributed by atoms with Crippen molar-refractivity contribution < 1.29 is 18.0 Å². The molecule has 116 valence electrons. The molecule has 0 aliphatic carbocycles. The number of hydrogen-bond acceptors (Lipinski definition) is 2. The van der Waals surface area contributed by atoms with Crippen molar-refractivity contribution in [3.05, 3.63) is 60.2 Å². The lowest BCUT2D eigenvalue weighted by atomic mass is 10.2. The second-order valence-corrected chi connectivity index (χ2v) is 5.70. The molecule has 6 heteroatoms. The summed E-state index contributed by atoms with van der Waals surface area (Å²) in [5, 5.41) is 2.59. The zero-order valence-corrected chi connectivity index (χ0v) is 12.4. The van der Waals surface area contributed by atoms with E-state index in [1.165, 1.54) is 12.1 Å². The molecule has 0 aliphatic rings. The third kappa shape index (κ3) is 5.11. The summed E-state index contributed by atoms with van der Waals surface area (Å²) in [6.45, 7) is 0. The van der Waals surface area contributed by atoms with Gasteiger partial charge in [-0.05, 0) is 36.4 Å². The van der Waals surface area contributed by atoms with E-state index in [1.807, 2.05) is 30.3 Å². The first-order valence-corrected chi connectivity index (χ1v) is 7.59. The number of anilines is 1. The van der Waals surface area contributed by atoms with Crippen molar-refractivity contribution in [3.8, 4) is 0 Å². The number of nitrogens with one attached hydrogen (secondary N) is 1. The van der Waals surface area contributed by atoms with Crippen LogP contribution in [0.15, 0.2) is 59.5 Å². The van der Waals surface area contributed by atoms with Gasteiger partial charge >= 0.3 is 6.18 Å². The number of carbonyl (C=O) groups is 1. The summed E-state index contributed by atoms with van der Waals surface area (Å²) in [5.74, 6) is 0.388. The first kappa shape index (κ1) is 16.4. The van der Waals surface area contributed by atoms with Crippen LogP contribution in [0.2, 0.25) is 0 Å². The molecule has 0 spiro atoms. The van der Waals surface area contributed by atoms with Crippen LogP contribution in [0.25, 0.3) is 0 Å². The molecule has 0 fully saturated rings. The molecule has 0 aliphatic heterocycles. The van der Waals surface area contributed by atoms with Crippen LogP contribution in [0.5, 0.6) is 0 Å². The molecule has 1 amide bonds. The first-order valence-electron chi connectivity index (χ1n) is 6.60. The lowest BCUT2D eigenvalue weighted by molar-refractivity contribution is -0.137. The van der Waals surface area contributed by atoms with E-state index in [0.29, 0.717) is 17.9 Å². The number of hydrogen-bond donors (Lipinski definition) is 1. The third-order valence-corrected chi connectivity index (χ3v) is 3.85. The van der Waals surface area contributed by atoms with Crippen LogP contribution in [-0.4, -0.2) is 11.7 Å². The van der Waals surface area contributed by atoms with Crippen LogP contribution in [0, 0.1) is 0 Å². The molecule has 0 atom stereocenters. The first-order chi connectivity index (χ1) is 10.4. The summed E-state index contributed by atoms with van der Waals surface area (Å²) in [7, 11) is 0. The Morgan fingerprint density at radius 1 is 1.00 bits per heavy atom. The molecular formula is C16H14F3NOS. The highest BCUT2D eigenvalue weighted by Crippen LogP contribution is 2.29. The van der Waals surface area contributed by atoms with E-state index in [0.717, 1.165) is 17.0 Å². The maximum absolute atomic E-state index is 12.4. The van der Waals surface area contributed by atoms with E-state index in [4.69, 9.17) is 0 Å². The molecular weight excluding hydrogens is 311 g/mol. The predicted octanol–water partition coefficient (Wildman–Crippen LogP) is 4.83. The summed E-state index contributed by atoms with van der Waals surface area (Å²) >= 11 is 1.56. The monoisotopic (exact) mass is 325 g/mol. The zero-order chi connectivity index (χ0) is 16.0. The Kier molecular flexibility index (Phi) is 5.49. The van der Waals surface area contributed by atoms with E-state index >= 15 is 0 Å². The normalized spacial score (nSPS) is 11.2. The summed E-state index contributed by atoms with van der Waals surface area (Å²) in [4.78, 5) is 12.8. The van der Waals surface area contributed by atoms with Crippen LogP contribution in [0.3, 0.4) is 0 Å². The van der Waals surface area contributed by atoms with Crippen LogP contribution in [0.1, 0.15) is 12.0 Å². The average Bonchev–Trinajstić information content (AvgIpc) is 2.48. The largest absolute Gasteiger partial charge is 0.416 e. The lowest BCUT2D eigenvalue weighted by Crippen LogP contribution is -2.12. The molecule has 2 aromatic rings. The van der Waals surface area contributed by atoms with Gasteiger partial charge in [0.25, 0.3) is 0 Å². The minimum Gasteiger partial charge on any atom is -0.326 e. The van der Waals surface area contributed by atoms with Gasteiger partial charge in [-0.2, -0.15) is 13.2 Å².